The summed E-state index contributed by atoms with van der Waals surface area (Å²) in [5.41, 5.74) is -2.57. The zero-order chi connectivity index (χ0) is 20.2. The third-order valence-electron chi connectivity index (χ3n) is 4.13. The largest absolute Gasteiger partial charge is 0.493 e. The molecule has 5 N–H and O–H groups in total. The molecular weight excluding hydrogens is 422 g/mol. The number of nitrogens with zero attached hydrogens (tertiary/aromatic N) is 2. The smallest absolute Gasteiger partial charge is 0.335 e. The van der Waals surface area contributed by atoms with Crippen molar-refractivity contribution in [2.24, 2.45) is 4.99 Å². The Morgan fingerprint density at radius 1 is 1.22 bits per heavy atom. The molecule has 0 unspecified atom stereocenters. The standard InChI is InChI=1S/C17H20BrN3O6/c1-2-10-5-11(18)3-4-13(10)21-15(26)12(14(25)20-16(21)27)6-19-17(7-22,8-23)9-24/h3-6,22-24,26H,2,7-9H2,1H3,(H,20,25,27). The number of aliphatic hydroxyl groups is 3. The number of nitrogens with one attached hydrogen (secondary N) is 1. The van der Waals surface area contributed by atoms with Crippen molar-refractivity contribution in [3.05, 3.63) is 54.6 Å². The number of aliphatic hydroxyl groups excluding tert-OH is 3. The molecule has 0 fully saturated rings. The number of aryl methyl sites for hydroxylation is 1. The zero-order valence-electron chi connectivity index (χ0n) is 14.5. The van der Waals surface area contributed by atoms with Gasteiger partial charge in [0.05, 0.1) is 25.5 Å². The number of aliphatic imine (C=N–C) groups is 1. The lowest BCUT2D eigenvalue weighted by Crippen LogP contribution is -2.40. The summed E-state index contributed by atoms with van der Waals surface area (Å²) in [5.74, 6) is -0.646. The summed E-state index contributed by atoms with van der Waals surface area (Å²) >= 11 is 3.34. The molecule has 0 saturated heterocycles. The predicted molar refractivity (Wildman–Crippen MR) is 103 cm³/mol. The molecule has 0 radical (unpaired) electrons. The molecule has 2 rings (SSSR count). The number of H-pyrrole nitrogens is 1. The van der Waals surface area contributed by atoms with E-state index >= 15 is 0 Å². The average Bonchev–Trinajstić information content (AvgIpc) is 2.66. The number of benzene rings is 1. The maximum absolute atomic E-state index is 12.3. The first-order valence-electron chi connectivity index (χ1n) is 8.07. The fourth-order valence-corrected chi connectivity index (χ4v) is 2.82. The average molecular weight is 442 g/mol. The van der Waals surface area contributed by atoms with E-state index in [9.17, 15) is 30.0 Å². The van der Waals surface area contributed by atoms with Crippen LogP contribution in [0.5, 0.6) is 5.88 Å². The highest BCUT2D eigenvalue weighted by molar-refractivity contribution is 9.10. The van der Waals surface area contributed by atoms with E-state index in [-0.39, 0.29) is 5.56 Å². The van der Waals surface area contributed by atoms with Crippen molar-refractivity contribution in [3.8, 4) is 11.6 Å². The first kappa shape index (κ1) is 21.0. The van der Waals surface area contributed by atoms with Crippen LogP contribution in [0.4, 0.5) is 0 Å². The highest BCUT2D eigenvalue weighted by atomic mass is 79.9. The number of hydrogen-bond acceptors (Lipinski definition) is 7. The van der Waals surface area contributed by atoms with Crippen molar-refractivity contribution in [3.63, 3.8) is 0 Å². The Morgan fingerprint density at radius 3 is 2.41 bits per heavy atom. The van der Waals surface area contributed by atoms with Crippen LogP contribution in [-0.4, -0.2) is 61.6 Å². The van der Waals surface area contributed by atoms with Crippen molar-refractivity contribution in [1.29, 1.82) is 0 Å². The van der Waals surface area contributed by atoms with Crippen LogP contribution in [0, 0.1) is 0 Å². The summed E-state index contributed by atoms with van der Waals surface area (Å²) in [5, 5.41) is 38.5. The van der Waals surface area contributed by atoms with Crippen LogP contribution in [0.25, 0.3) is 5.69 Å². The molecule has 1 aromatic heterocycles. The lowest BCUT2D eigenvalue weighted by molar-refractivity contribution is 0.0718. The van der Waals surface area contributed by atoms with Crippen LogP contribution in [0.1, 0.15) is 18.1 Å². The van der Waals surface area contributed by atoms with Crippen LogP contribution < -0.4 is 11.2 Å². The van der Waals surface area contributed by atoms with Crippen LogP contribution >= 0.6 is 15.9 Å². The summed E-state index contributed by atoms with van der Waals surface area (Å²) in [6.45, 7) is -0.163. The van der Waals surface area contributed by atoms with E-state index in [0.717, 1.165) is 20.8 Å². The van der Waals surface area contributed by atoms with E-state index in [1.54, 1.807) is 18.2 Å². The minimum Gasteiger partial charge on any atom is -0.493 e. The highest BCUT2D eigenvalue weighted by Crippen LogP contribution is 2.23. The molecule has 1 heterocycles. The van der Waals surface area contributed by atoms with Gasteiger partial charge in [-0.05, 0) is 30.2 Å². The zero-order valence-corrected chi connectivity index (χ0v) is 16.1. The van der Waals surface area contributed by atoms with E-state index in [1.807, 2.05) is 6.92 Å². The number of aromatic nitrogens is 2. The lowest BCUT2D eigenvalue weighted by atomic mass is 10.1. The molecule has 9 nitrogen and oxygen atoms in total. The van der Waals surface area contributed by atoms with Crippen LogP contribution in [-0.2, 0) is 6.42 Å². The van der Waals surface area contributed by atoms with Gasteiger partial charge < -0.3 is 20.4 Å². The first-order valence-corrected chi connectivity index (χ1v) is 8.86. The van der Waals surface area contributed by atoms with E-state index in [2.05, 4.69) is 25.9 Å². The second-order valence-electron chi connectivity index (χ2n) is 5.92. The van der Waals surface area contributed by atoms with Crippen LogP contribution in [0.2, 0.25) is 0 Å². The molecule has 2 aromatic rings. The first-order chi connectivity index (χ1) is 12.8. The summed E-state index contributed by atoms with van der Waals surface area (Å²) in [6, 6.07) is 5.09. The molecule has 0 atom stereocenters. The van der Waals surface area contributed by atoms with Gasteiger partial charge in [-0.2, -0.15) is 0 Å². The summed E-state index contributed by atoms with van der Waals surface area (Å²) in [6.07, 6.45) is 1.48. The van der Waals surface area contributed by atoms with Gasteiger partial charge in [0.1, 0.15) is 11.1 Å². The molecule has 0 aliphatic heterocycles. The maximum atomic E-state index is 12.3. The molecule has 0 bridgehead atoms. The maximum Gasteiger partial charge on any atom is 0.335 e. The normalized spacial score (nSPS) is 12.0. The summed E-state index contributed by atoms with van der Waals surface area (Å²) in [4.78, 5) is 30.4. The van der Waals surface area contributed by atoms with Gasteiger partial charge >= 0.3 is 5.69 Å². The van der Waals surface area contributed by atoms with Gasteiger partial charge in [0.2, 0.25) is 5.88 Å². The highest BCUT2D eigenvalue weighted by Gasteiger charge is 2.27. The Morgan fingerprint density at radius 2 is 1.85 bits per heavy atom. The van der Waals surface area contributed by atoms with Gasteiger partial charge in [0.15, 0.2) is 0 Å². The molecule has 1 aromatic carbocycles. The molecular formula is C17H20BrN3O6. The molecule has 27 heavy (non-hydrogen) atoms. The monoisotopic (exact) mass is 441 g/mol. The minimum atomic E-state index is -1.62. The van der Waals surface area contributed by atoms with E-state index in [1.165, 1.54) is 0 Å². The molecule has 0 spiro atoms. The Hall–Kier alpha value is -2.27. The Balaban J connectivity index is 2.70. The molecule has 10 heteroatoms. The number of hydrogen-bond donors (Lipinski definition) is 5. The Bertz CT molecular complexity index is 954. The van der Waals surface area contributed by atoms with Crippen molar-refractivity contribution in [1.82, 2.24) is 9.55 Å². The van der Waals surface area contributed by atoms with Gasteiger partial charge in [-0.15, -0.1) is 0 Å². The lowest BCUT2D eigenvalue weighted by Gasteiger charge is -2.22. The predicted octanol–water partition coefficient (Wildman–Crippen LogP) is -0.309. The number of halogens is 1. The van der Waals surface area contributed by atoms with Crippen molar-refractivity contribution >= 4 is 22.1 Å². The van der Waals surface area contributed by atoms with Crippen LogP contribution in [0.3, 0.4) is 0 Å². The van der Waals surface area contributed by atoms with Crippen molar-refractivity contribution in [2.75, 3.05) is 19.8 Å². The topological polar surface area (TPSA) is 148 Å². The van der Waals surface area contributed by atoms with Gasteiger partial charge in [-0.25, -0.2) is 9.36 Å². The fraction of sp³-hybridized carbons (Fsp3) is 0.353. The summed E-state index contributed by atoms with van der Waals surface area (Å²) < 4.78 is 1.73. The van der Waals surface area contributed by atoms with E-state index in [0.29, 0.717) is 12.1 Å². The van der Waals surface area contributed by atoms with Crippen LogP contribution in [0.15, 0.2) is 37.3 Å². The van der Waals surface area contributed by atoms with Crippen molar-refractivity contribution < 1.29 is 20.4 Å². The van der Waals surface area contributed by atoms with E-state index in [4.69, 9.17) is 0 Å². The second-order valence-corrected chi connectivity index (χ2v) is 6.83. The Labute approximate surface area is 162 Å². The third kappa shape index (κ3) is 4.19. The molecule has 0 aliphatic carbocycles. The minimum absolute atomic E-state index is 0.348. The van der Waals surface area contributed by atoms with Gasteiger partial charge in [0.25, 0.3) is 5.56 Å². The quantitative estimate of drug-likeness (QED) is 0.372. The molecule has 0 amide bonds. The van der Waals surface area contributed by atoms with Gasteiger partial charge in [-0.3, -0.25) is 14.8 Å². The number of aromatic amines is 1. The fourth-order valence-electron chi connectivity index (χ4n) is 2.41. The number of rotatable bonds is 7. The van der Waals surface area contributed by atoms with E-state index < -0.39 is 42.5 Å². The summed E-state index contributed by atoms with van der Waals surface area (Å²) in [7, 11) is 0. The number of aromatic hydroxyl groups is 1. The second kappa shape index (κ2) is 8.61. The molecule has 146 valence electrons. The molecule has 0 saturated carbocycles. The van der Waals surface area contributed by atoms with Gasteiger partial charge in [-0.1, -0.05) is 22.9 Å². The van der Waals surface area contributed by atoms with Gasteiger partial charge in [0, 0.05) is 10.7 Å². The Kier molecular flexibility index (Phi) is 6.71. The SMILES string of the molecule is CCc1cc(Br)ccc1-n1c(O)c(C=NC(CO)(CO)CO)c(=O)[nH]c1=O. The van der Waals surface area contributed by atoms with Crippen molar-refractivity contribution in [2.45, 2.75) is 18.9 Å². The third-order valence-corrected chi connectivity index (χ3v) is 4.63. The molecule has 0 aliphatic rings.